The highest BCUT2D eigenvalue weighted by atomic mass is 15.1. The molecule has 4 heteroatoms. The molecule has 3 rings (SSSR count). The minimum Gasteiger partial charge on any atom is -0.370 e. The zero-order valence-electron chi connectivity index (χ0n) is 14.8. The summed E-state index contributed by atoms with van der Waals surface area (Å²) >= 11 is 0. The average Bonchev–Trinajstić information content (AvgIpc) is 2.65. The molecule has 0 aliphatic heterocycles. The Morgan fingerprint density at radius 1 is 0.960 bits per heavy atom. The zero-order valence-corrected chi connectivity index (χ0v) is 14.8. The van der Waals surface area contributed by atoms with Crippen LogP contribution >= 0.6 is 0 Å². The van der Waals surface area contributed by atoms with E-state index in [2.05, 4.69) is 76.9 Å². The minimum atomic E-state index is 0.619. The van der Waals surface area contributed by atoms with Gasteiger partial charge in [0.05, 0.1) is 0 Å². The van der Waals surface area contributed by atoms with E-state index >= 15 is 0 Å². The molecule has 0 bridgehead atoms. The standard InChI is InChI=1S/C21H24N4/c1-3-18-11-7-8-16(2)20(18)25-21-23-15-13-19(24-21)22-14-12-17-9-5-4-6-10-17/h4-11,13,15H,3,12,14H2,1-2H3,(H2,22,23,24,25). The third-order valence-corrected chi connectivity index (χ3v) is 4.19. The largest absolute Gasteiger partial charge is 0.370 e. The summed E-state index contributed by atoms with van der Waals surface area (Å²) in [5.74, 6) is 1.45. The Balaban J connectivity index is 1.66. The maximum absolute atomic E-state index is 4.58. The molecule has 1 heterocycles. The summed E-state index contributed by atoms with van der Waals surface area (Å²) in [5.41, 5.74) is 4.89. The van der Waals surface area contributed by atoms with Crippen molar-refractivity contribution < 1.29 is 0 Å². The molecule has 25 heavy (non-hydrogen) atoms. The van der Waals surface area contributed by atoms with Crippen molar-refractivity contribution in [2.45, 2.75) is 26.7 Å². The lowest BCUT2D eigenvalue weighted by Gasteiger charge is -2.13. The first-order valence-electron chi connectivity index (χ1n) is 8.72. The fourth-order valence-corrected chi connectivity index (χ4v) is 2.81. The second kappa shape index (κ2) is 8.29. The molecule has 0 aliphatic carbocycles. The molecular weight excluding hydrogens is 308 g/mol. The third kappa shape index (κ3) is 4.57. The van der Waals surface area contributed by atoms with Crippen molar-refractivity contribution in [3.63, 3.8) is 0 Å². The van der Waals surface area contributed by atoms with Crippen LogP contribution in [0.4, 0.5) is 17.5 Å². The number of para-hydroxylation sites is 1. The van der Waals surface area contributed by atoms with Crippen LogP contribution in [0.2, 0.25) is 0 Å². The molecule has 0 radical (unpaired) electrons. The van der Waals surface area contributed by atoms with E-state index in [9.17, 15) is 0 Å². The van der Waals surface area contributed by atoms with Gasteiger partial charge in [-0.25, -0.2) is 4.98 Å². The minimum absolute atomic E-state index is 0.619. The number of aryl methyl sites for hydroxylation is 2. The Kier molecular flexibility index (Phi) is 5.62. The van der Waals surface area contributed by atoms with Crippen LogP contribution in [0.25, 0.3) is 0 Å². The normalized spacial score (nSPS) is 10.5. The van der Waals surface area contributed by atoms with Gasteiger partial charge in [0.15, 0.2) is 0 Å². The highest BCUT2D eigenvalue weighted by Crippen LogP contribution is 2.24. The number of benzene rings is 2. The van der Waals surface area contributed by atoms with Crippen molar-refractivity contribution >= 4 is 17.5 Å². The molecule has 0 aliphatic rings. The Labute approximate surface area is 149 Å². The van der Waals surface area contributed by atoms with Crippen molar-refractivity contribution in [3.05, 3.63) is 77.5 Å². The molecule has 0 amide bonds. The molecule has 0 spiro atoms. The van der Waals surface area contributed by atoms with E-state index < -0.39 is 0 Å². The number of nitrogens with one attached hydrogen (secondary N) is 2. The first-order chi connectivity index (χ1) is 12.3. The number of rotatable bonds is 7. The average molecular weight is 332 g/mol. The van der Waals surface area contributed by atoms with Crippen molar-refractivity contribution in [1.29, 1.82) is 0 Å². The molecule has 0 atom stereocenters. The maximum atomic E-state index is 4.58. The summed E-state index contributed by atoms with van der Waals surface area (Å²) in [4.78, 5) is 8.94. The fraction of sp³-hybridized carbons (Fsp3) is 0.238. The topological polar surface area (TPSA) is 49.8 Å². The van der Waals surface area contributed by atoms with Crippen LogP contribution in [0, 0.1) is 6.92 Å². The molecular formula is C21H24N4. The Morgan fingerprint density at radius 3 is 2.60 bits per heavy atom. The molecule has 0 fully saturated rings. The molecule has 1 aromatic heterocycles. The van der Waals surface area contributed by atoms with Gasteiger partial charge in [0, 0.05) is 18.4 Å². The summed E-state index contributed by atoms with van der Waals surface area (Å²) in [5, 5.41) is 6.75. The van der Waals surface area contributed by atoms with Crippen LogP contribution in [-0.2, 0) is 12.8 Å². The van der Waals surface area contributed by atoms with Crippen molar-refractivity contribution in [1.82, 2.24) is 9.97 Å². The van der Waals surface area contributed by atoms with Crippen LogP contribution in [0.3, 0.4) is 0 Å². The second-order valence-electron chi connectivity index (χ2n) is 6.02. The summed E-state index contributed by atoms with van der Waals surface area (Å²) in [6.07, 6.45) is 3.72. The van der Waals surface area contributed by atoms with Crippen molar-refractivity contribution in [2.75, 3.05) is 17.2 Å². The lowest BCUT2D eigenvalue weighted by molar-refractivity contribution is 1.000. The molecule has 0 saturated heterocycles. The van der Waals surface area contributed by atoms with E-state index in [1.165, 1.54) is 16.7 Å². The molecule has 3 aromatic rings. The van der Waals surface area contributed by atoms with Gasteiger partial charge >= 0.3 is 0 Å². The number of hydrogen-bond donors (Lipinski definition) is 2. The highest BCUT2D eigenvalue weighted by molar-refractivity contribution is 5.63. The number of nitrogens with zero attached hydrogens (tertiary/aromatic N) is 2. The van der Waals surface area contributed by atoms with Gasteiger partial charge in [-0.3, -0.25) is 0 Å². The Hall–Kier alpha value is -2.88. The van der Waals surface area contributed by atoms with E-state index in [4.69, 9.17) is 0 Å². The first kappa shape index (κ1) is 17.0. The van der Waals surface area contributed by atoms with E-state index in [1.807, 2.05) is 12.1 Å². The van der Waals surface area contributed by atoms with Crippen LogP contribution in [0.5, 0.6) is 0 Å². The van der Waals surface area contributed by atoms with Gasteiger partial charge in [-0.2, -0.15) is 4.98 Å². The monoisotopic (exact) mass is 332 g/mol. The molecule has 0 saturated carbocycles. The first-order valence-corrected chi connectivity index (χ1v) is 8.72. The Bertz CT molecular complexity index is 815. The molecule has 0 unspecified atom stereocenters. The SMILES string of the molecule is CCc1cccc(C)c1Nc1nccc(NCCc2ccccc2)n1. The van der Waals surface area contributed by atoms with Crippen LogP contribution in [-0.4, -0.2) is 16.5 Å². The van der Waals surface area contributed by atoms with E-state index in [-0.39, 0.29) is 0 Å². The van der Waals surface area contributed by atoms with Gasteiger partial charge < -0.3 is 10.6 Å². The number of aromatic nitrogens is 2. The lowest BCUT2D eigenvalue weighted by atomic mass is 10.1. The van der Waals surface area contributed by atoms with Crippen LogP contribution < -0.4 is 10.6 Å². The molecule has 2 aromatic carbocycles. The van der Waals surface area contributed by atoms with Gasteiger partial charge in [-0.1, -0.05) is 55.5 Å². The van der Waals surface area contributed by atoms with E-state index in [0.717, 1.165) is 30.9 Å². The summed E-state index contributed by atoms with van der Waals surface area (Å²) in [6.45, 7) is 5.09. The Morgan fingerprint density at radius 2 is 1.80 bits per heavy atom. The zero-order chi connectivity index (χ0) is 17.5. The summed E-state index contributed by atoms with van der Waals surface area (Å²) in [6, 6.07) is 18.7. The van der Waals surface area contributed by atoms with Crippen LogP contribution in [0.15, 0.2) is 60.8 Å². The molecule has 2 N–H and O–H groups in total. The van der Waals surface area contributed by atoms with Crippen molar-refractivity contribution in [2.24, 2.45) is 0 Å². The summed E-state index contributed by atoms with van der Waals surface area (Å²) < 4.78 is 0. The maximum Gasteiger partial charge on any atom is 0.229 e. The van der Waals surface area contributed by atoms with Gasteiger partial charge in [0.2, 0.25) is 5.95 Å². The van der Waals surface area contributed by atoms with Gasteiger partial charge in [0.1, 0.15) is 5.82 Å². The van der Waals surface area contributed by atoms with E-state index in [0.29, 0.717) is 5.95 Å². The van der Waals surface area contributed by atoms with E-state index in [1.54, 1.807) is 6.20 Å². The fourth-order valence-electron chi connectivity index (χ4n) is 2.81. The smallest absolute Gasteiger partial charge is 0.229 e. The summed E-state index contributed by atoms with van der Waals surface area (Å²) in [7, 11) is 0. The van der Waals surface area contributed by atoms with Gasteiger partial charge in [0.25, 0.3) is 0 Å². The molecule has 4 nitrogen and oxygen atoms in total. The van der Waals surface area contributed by atoms with Gasteiger partial charge in [-0.05, 0) is 42.5 Å². The highest BCUT2D eigenvalue weighted by Gasteiger charge is 2.06. The molecule has 128 valence electrons. The van der Waals surface area contributed by atoms with Crippen molar-refractivity contribution in [3.8, 4) is 0 Å². The predicted octanol–water partition coefficient (Wildman–Crippen LogP) is 4.75. The lowest BCUT2D eigenvalue weighted by Crippen LogP contribution is -2.08. The number of hydrogen-bond acceptors (Lipinski definition) is 4. The quantitative estimate of drug-likeness (QED) is 0.656. The predicted molar refractivity (Wildman–Crippen MR) is 105 cm³/mol. The number of anilines is 3. The van der Waals surface area contributed by atoms with Crippen LogP contribution in [0.1, 0.15) is 23.6 Å². The third-order valence-electron chi connectivity index (χ3n) is 4.19. The second-order valence-corrected chi connectivity index (χ2v) is 6.02. The van der Waals surface area contributed by atoms with Gasteiger partial charge in [-0.15, -0.1) is 0 Å².